The number of unbranched alkanes of at least 4 members (excludes halogenated alkanes) is 12. The molecule has 2 aliphatic heterocycles. The van der Waals surface area contributed by atoms with Crippen LogP contribution in [0.5, 0.6) is 11.5 Å². The van der Waals surface area contributed by atoms with Crippen molar-refractivity contribution in [2.24, 2.45) is 0 Å². The van der Waals surface area contributed by atoms with Crippen molar-refractivity contribution in [3.8, 4) is 11.5 Å². The number of aromatic hydroxyl groups is 2. The van der Waals surface area contributed by atoms with Crippen molar-refractivity contribution >= 4 is 25.7 Å². The van der Waals surface area contributed by atoms with Crippen molar-refractivity contribution < 1.29 is 180 Å². The van der Waals surface area contributed by atoms with Gasteiger partial charge in [0, 0.05) is 6.42 Å². The second kappa shape index (κ2) is 49.0. The average molecular weight is 1200 g/mol. The van der Waals surface area contributed by atoms with Crippen LogP contribution >= 0.6 is 7.82 Å². The number of rotatable bonds is 25. The summed E-state index contributed by atoms with van der Waals surface area (Å²) in [6, 6.07) is 11.9. The van der Waals surface area contributed by atoms with E-state index >= 15 is 0 Å². The number of aliphatic hydroxyl groups is 11. The van der Waals surface area contributed by atoms with Crippen molar-refractivity contribution in [3.05, 3.63) is 59.7 Å². The van der Waals surface area contributed by atoms with Crippen molar-refractivity contribution in [2.45, 2.75) is 198 Å². The molecule has 4 rings (SSSR count). The first kappa shape index (κ1) is 81.9. The molecule has 460 valence electrons. The number of carbonyl (C=O) groups excluding carboxylic acids is 3. The zero-order valence-corrected chi connectivity index (χ0v) is 50.9. The number of benzene rings is 2. The predicted molar refractivity (Wildman–Crippen MR) is 281 cm³/mol. The molecule has 2 aliphatic rings. The molecule has 15 N–H and O–H groups in total. The number of aliphatic hydroxyl groups excluding tert-OH is 11. The second-order valence-electron chi connectivity index (χ2n) is 18.3. The Labute approximate surface area is 510 Å². The van der Waals surface area contributed by atoms with E-state index in [4.69, 9.17) is 73.6 Å². The van der Waals surface area contributed by atoms with Crippen LogP contribution in [0, 0.1) is 0 Å². The predicted octanol–water partition coefficient (Wildman–Crippen LogP) is -2.06. The summed E-state index contributed by atoms with van der Waals surface area (Å²) in [5.74, 6) is -0.496. The number of esters is 3. The number of ether oxygens (including phenoxy) is 6. The number of hydrogen-bond donors (Lipinski definition) is 15. The first-order valence-corrected chi connectivity index (χ1v) is 27.8. The van der Waals surface area contributed by atoms with Gasteiger partial charge in [-0.05, 0) is 75.2 Å². The molecule has 0 unspecified atom stereocenters. The Balaban J connectivity index is -0.000000950. The molecule has 2 aromatic carbocycles. The zero-order valence-electron chi connectivity index (χ0n) is 46.8. The van der Waals surface area contributed by atoms with Gasteiger partial charge in [0.05, 0.1) is 57.4 Å². The number of phenols is 2. The van der Waals surface area contributed by atoms with E-state index in [1.807, 2.05) is 20.8 Å². The molecule has 0 saturated carbocycles. The molecule has 0 amide bonds. The number of phosphoric acid groups is 1. The largest absolute Gasteiger partial charge is 1.00 e. The molecule has 0 spiro atoms. The van der Waals surface area contributed by atoms with E-state index in [2.05, 4.69) is 11.7 Å². The number of hydrogen-bond acceptors (Lipinski definition) is 24. The monoisotopic (exact) mass is 1200 g/mol. The fraction of sp³-hybridized carbons (Fsp3) is 0.712. The Morgan fingerprint density at radius 3 is 1.41 bits per heavy atom. The van der Waals surface area contributed by atoms with Crippen molar-refractivity contribution in [2.75, 3.05) is 40.1 Å². The Morgan fingerprint density at radius 2 is 1.04 bits per heavy atom. The smallest absolute Gasteiger partial charge is 0.756 e. The Bertz CT molecular complexity index is 1860. The Morgan fingerprint density at radius 1 is 0.613 bits per heavy atom. The summed E-state index contributed by atoms with van der Waals surface area (Å²) < 4.78 is 38.5. The van der Waals surface area contributed by atoms with Crippen molar-refractivity contribution in [1.82, 2.24) is 0 Å². The first-order valence-electron chi connectivity index (χ1n) is 26.2. The van der Waals surface area contributed by atoms with Crippen molar-refractivity contribution in [1.29, 1.82) is 0 Å². The van der Waals surface area contributed by atoms with E-state index < -0.39 is 94.5 Å². The number of phenolic OH excluding ortho intramolecular Hbond substituents is 2. The molecule has 0 bridgehead atoms. The van der Waals surface area contributed by atoms with Gasteiger partial charge in [-0.25, -0.2) is 9.59 Å². The van der Waals surface area contributed by atoms with Gasteiger partial charge in [-0.2, -0.15) is 0 Å². The molecule has 2 heterocycles. The molecule has 2 aromatic rings. The van der Waals surface area contributed by atoms with Gasteiger partial charge in [-0.3, -0.25) is 9.36 Å². The maximum absolute atomic E-state index is 11.3. The zero-order chi connectivity index (χ0) is 60.5. The van der Waals surface area contributed by atoms with Gasteiger partial charge >= 0.3 is 69.3 Å². The summed E-state index contributed by atoms with van der Waals surface area (Å²) in [5, 5.41) is 118. The molecule has 80 heavy (non-hydrogen) atoms. The van der Waals surface area contributed by atoms with E-state index in [1.54, 1.807) is 0 Å². The topological polar surface area (TPSA) is 450 Å². The maximum Gasteiger partial charge on any atom is 1.00 e. The van der Waals surface area contributed by atoms with Crippen LogP contribution in [0.4, 0.5) is 0 Å². The van der Waals surface area contributed by atoms with Gasteiger partial charge in [0.1, 0.15) is 66.4 Å². The fourth-order valence-electron chi connectivity index (χ4n) is 6.83. The second-order valence-corrected chi connectivity index (χ2v) is 19.3. The fourth-order valence-corrected chi connectivity index (χ4v) is 6.83. The third kappa shape index (κ3) is 40.0. The molecule has 28 heteroatoms. The number of methoxy groups -OCH3 is 1. The molecule has 0 radical (unpaired) electrons. The quantitative estimate of drug-likeness (QED) is 0.0167. The minimum atomic E-state index is -4.89. The van der Waals surface area contributed by atoms with Crippen LogP contribution < -0.4 is 56.3 Å². The molecule has 2 saturated heterocycles. The van der Waals surface area contributed by atoms with Crippen LogP contribution in [0.2, 0.25) is 0 Å². The SMILES string of the molecule is CCCCCCCCCCCCCCCC(=O)OC(C)C.CCCOC(=O)c1ccc(O)cc1.COC(=O)c1ccc(O)cc1.O=P([O-])(O)O.OCC(O)CO.OC[C@H]1O[C@@H](O[C@H]2[C@H](O)[C@@H](O)[C@H](O)O[C@@H]2CO)[C@H](O)[C@@H](O)[C@H]1O.[K+]. The first-order chi connectivity index (χ1) is 37.3. The summed E-state index contributed by atoms with van der Waals surface area (Å²) in [7, 11) is -3.57. The van der Waals surface area contributed by atoms with Crippen LogP contribution in [0.15, 0.2) is 48.5 Å². The van der Waals surface area contributed by atoms with Crippen molar-refractivity contribution in [3.63, 3.8) is 0 Å². The van der Waals surface area contributed by atoms with Crippen LogP contribution in [-0.2, 0) is 37.8 Å². The molecule has 0 aromatic heterocycles. The summed E-state index contributed by atoms with van der Waals surface area (Å²) in [6.45, 7) is 6.37. The average Bonchev–Trinajstić information content (AvgIpc) is 3.41. The van der Waals surface area contributed by atoms with Crippen LogP contribution in [0.25, 0.3) is 0 Å². The summed E-state index contributed by atoms with van der Waals surface area (Å²) >= 11 is 0. The van der Waals surface area contributed by atoms with Gasteiger partial charge < -0.3 is 109 Å². The third-order valence-corrected chi connectivity index (χ3v) is 11.1. The van der Waals surface area contributed by atoms with E-state index in [0.717, 1.165) is 12.8 Å². The standard InChI is InChI=1S/C19H38O2.C12H22O11.C10H12O3.C8H8O3.C3H8O3.K.H3O4P/c1-4-5-6-7-8-9-10-11-12-13-14-15-16-17-19(20)21-18(2)3;13-1-3-5(15)6(16)9(19)12(22-3)23-10-4(2-14)21-11(20)8(18)7(10)17;1-2-7-13-10(12)8-3-5-9(11)6-4-8;1-11-8(10)6-2-4-7(9)5-3-6;4-1-3(6)2-5;;1-5(2,3)4/h18H,4-17H2,1-3H3;3-20H,1-2H2;3-6,11H,2,7H2,1H3;2-5,9H,1H3;3-6H,1-2H2;;(H3,1,2,3,4)/q;;;;;+1;/p-1/t;3-,4-,5+,6+,7-,8-,9-,10-,11-,12+;;;;;/m.1...../s1. The molecule has 0 aliphatic carbocycles. The van der Waals surface area contributed by atoms with Crippen LogP contribution in [0.1, 0.15) is 145 Å². The third-order valence-electron chi connectivity index (χ3n) is 11.1. The molecule has 10 atom stereocenters. The minimum absolute atomic E-state index is 0. The van der Waals surface area contributed by atoms with Gasteiger partial charge in [0.2, 0.25) is 0 Å². The molecule has 2 fully saturated rings. The normalized spacial score (nSPS) is 22.1. The Hall–Kier alpha value is -2.36. The Kier molecular flexibility index (Phi) is 50.1. The van der Waals surface area contributed by atoms with E-state index in [9.17, 15) is 50.1 Å². The summed E-state index contributed by atoms with van der Waals surface area (Å²) in [4.78, 5) is 56.3. The molecular formula is C52H90KO26P. The van der Waals surface area contributed by atoms with E-state index in [1.165, 1.54) is 133 Å². The van der Waals surface area contributed by atoms with E-state index in [-0.39, 0.29) is 94.1 Å². The molecular weight excluding hydrogens is 1110 g/mol. The van der Waals surface area contributed by atoms with Gasteiger partial charge in [-0.15, -0.1) is 0 Å². The minimum Gasteiger partial charge on any atom is -0.756 e. The van der Waals surface area contributed by atoms with Gasteiger partial charge in [0.25, 0.3) is 7.82 Å². The van der Waals surface area contributed by atoms with Gasteiger partial charge in [0.15, 0.2) is 12.6 Å². The van der Waals surface area contributed by atoms with Crippen LogP contribution in [0.3, 0.4) is 0 Å². The van der Waals surface area contributed by atoms with Crippen LogP contribution in [-0.4, -0.2) is 208 Å². The summed E-state index contributed by atoms with van der Waals surface area (Å²) in [6.07, 6.45) is 2.29. The van der Waals surface area contributed by atoms with Gasteiger partial charge in [-0.1, -0.05) is 90.9 Å². The maximum atomic E-state index is 11.3. The molecule has 26 nitrogen and oxygen atoms in total. The number of carbonyl (C=O) groups is 3. The summed E-state index contributed by atoms with van der Waals surface area (Å²) in [5.41, 5.74) is 0.900. The van der Waals surface area contributed by atoms with E-state index in [0.29, 0.717) is 24.2 Å².